The maximum Gasteiger partial charge on any atom is 0.416 e. The molecule has 0 saturated carbocycles. The van der Waals surface area contributed by atoms with Crippen molar-refractivity contribution in [3.05, 3.63) is 70.9 Å². The normalized spacial score (nSPS) is 17.7. The van der Waals surface area contributed by atoms with Gasteiger partial charge in [0.15, 0.2) is 0 Å². The van der Waals surface area contributed by atoms with E-state index in [1.165, 1.54) is 12.0 Å². The molecular formula is C26H26F6N4O2. The van der Waals surface area contributed by atoms with Gasteiger partial charge in [-0.05, 0) is 43.2 Å². The Bertz CT molecular complexity index is 1300. The van der Waals surface area contributed by atoms with Crippen molar-refractivity contribution in [2.24, 2.45) is 5.16 Å². The first-order valence-electron chi connectivity index (χ1n) is 11.8. The number of piperazine rings is 1. The summed E-state index contributed by atoms with van der Waals surface area (Å²) in [7, 11) is 1.42. The second-order valence-electron chi connectivity index (χ2n) is 9.25. The Balaban J connectivity index is 1.69. The zero-order valence-electron chi connectivity index (χ0n) is 20.7. The number of hydrogen-bond acceptors (Lipinski definition) is 4. The minimum absolute atomic E-state index is 0.0239. The van der Waals surface area contributed by atoms with E-state index >= 15 is 0 Å². The Morgan fingerprint density at radius 3 is 2.34 bits per heavy atom. The monoisotopic (exact) mass is 540 g/mol. The van der Waals surface area contributed by atoms with Gasteiger partial charge in [-0.25, -0.2) is 0 Å². The van der Waals surface area contributed by atoms with E-state index in [0.29, 0.717) is 43.9 Å². The number of fused-ring (bicyclic) bond motifs is 1. The van der Waals surface area contributed by atoms with Crippen LogP contribution in [0, 0.1) is 0 Å². The van der Waals surface area contributed by atoms with Crippen molar-refractivity contribution in [3.63, 3.8) is 0 Å². The van der Waals surface area contributed by atoms with Crippen molar-refractivity contribution < 1.29 is 36.0 Å². The Kier molecular flexibility index (Phi) is 7.73. The van der Waals surface area contributed by atoms with Crippen LogP contribution in [0.4, 0.5) is 26.3 Å². The number of amides is 1. The van der Waals surface area contributed by atoms with E-state index in [9.17, 15) is 31.1 Å². The number of aromatic nitrogens is 1. The van der Waals surface area contributed by atoms with Crippen molar-refractivity contribution in [1.29, 1.82) is 0 Å². The Labute approximate surface area is 214 Å². The summed E-state index contributed by atoms with van der Waals surface area (Å²) in [6.45, 7) is 3.02. The fraction of sp³-hybridized carbons (Fsp3) is 0.385. The fourth-order valence-electron chi connectivity index (χ4n) is 4.81. The molecule has 6 nitrogen and oxygen atoms in total. The second kappa shape index (κ2) is 10.7. The maximum atomic E-state index is 13.5. The summed E-state index contributed by atoms with van der Waals surface area (Å²) in [5.74, 6) is -0.881. The summed E-state index contributed by atoms with van der Waals surface area (Å²) in [6, 6.07) is 8.01. The van der Waals surface area contributed by atoms with Gasteiger partial charge < -0.3 is 14.7 Å². The molecule has 3 aromatic rings. The van der Waals surface area contributed by atoms with Gasteiger partial charge in [-0.3, -0.25) is 9.69 Å². The van der Waals surface area contributed by atoms with Gasteiger partial charge in [0.25, 0.3) is 5.91 Å². The summed E-state index contributed by atoms with van der Waals surface area (Å²) in [4.78, 5) is 24.9. The third-order valence-corrected chi connectivity index (χ3v) is 6.49. The number of oxime groups is 1. The highest BCUT2D eigenvalue weighted by Crippen LogP contribution is 2.37. The van der Waals surface area contributed by atoms with Crippen molar-refractivity contribution >= 4 is 22.5 Å². The zero-order chi connectivity index (χ0) is 27.7. The number of aromatic amines is 1. The van der Waals surface area contributed by atoms with Gasteiger partial charge in [0, 0.05) is 54.9 Å². The average Bonchev–Trinajstić information content (AvgIpc) is 3.25. The number of nitrogens with zero attached hydrogens (tertiary/aromatic N) is 3. The predicted molar refractivity (Wildman–Crippen MR) is 130 cm³/mol. The van der Waals surface area contributed by atoms with E-state index < -0.39 is 41.0 Å². The molecule has 0 bridgehead atoms. The first-order chi connectivity index (χ1) is 17.9. The molecule has 4 rings (SSSR count). The molecule has 1 aliphatic rings. The third kappa shape index (κ3) is 6.12. The van der Waals surface area contributed by atoms with E-state index in [1.807, 2.05) is 29.2 Å². The highest BCUT2D eigenvalue weighted by Gasteiger charge is 2.39. The largest absolute Gasteiger partial charge is 0.416 e. The number of halogens is 6. The summed E-state index contributed by atoms with van der Waals surface area (Å²) in [6.07, 6.45) is -7.94. The van der Waals surface area contributed by atoms with Gasteiger partial charge in [0.1, 0.15) is 7.11 Å². The number of benzene rings is 2. The summed E-state index contributed by atoms with van der Waals surface area (Å²) < 4.78 is 80.6. The van der Waals surface area contributed by atoms with Crippen molar-refractivity contribution in [2.75, 3.05) is 33.3 Å². The number of para-hydroxylation sites is 1. The molecule has 1 fully saturated rings. The van der Waals surface area contributed by atoms with Gasteiger partial charge in [-0.15, -0.1) is 0 Å². The summed E-state index contributed by atoms with van der Waals surface area (Å²) in [5, 5.41) is 4.83. The lowest BCUT2D eigenvalue weighted by molar-refractivity contribution is -0.143. The van der Waals surface area contributed by atoms with Crippen LogP contribution in [0.2, 0.25) is 0 Å². The van der Waals surface area contributed by atoms with Crippen LogP contribution in [-0.2, 0) is 23.6 Å². The highest BCUT2D eigenvalue weighted by atomic mass is 19.4. The van der Waals surface area contributed by atoms with Crippen LogP contribution < -0.4 is 0 Å². The Hall–Kier alpha value is -3.54. The van der Waals surface area contributed by atoms with Crippen LogP contribution in [0.25, 0.3) is 10.9 Å². The quantitative estimate of drug-likeness (QED) is 0.252. The first-order valence-corrected chi connectivity index (χ1v) is 11.8. The van der Waals surface area contributed by atoms with E-state index in [1.54, 1.807) is 13.1 Å². The Morgan fingerprint density at radius 1 is 1.05 bits per heavy atom. The molecule has 204 valence electrons. The molecule has 1 unspecified atom stereocenters. The molecule has 1 amide bonds. The number of carbonyl (C=O) groups is 1. The molecule has 1 aliphatic heterocycles. The molecule has 1 atom stereocenters. The molecule has 1 N–H and O–H groups in total. The van der Waals surface area contributed by atoms with Crippen molar-refractivity contribution in [2.45, 2.75) is 31.7 Å². The molecule has 0 spiro atoms. The average molecular weight is 541 g/mol. The van der Waals surface area contributed by atoms with Crippen LogP contribution in [-0.4, -0.2) is 65.7 Å². The van der Waals surface area contributed by atoms with E-state index in [2.05, 4.69) is 10.1 Å². The lowest BCUT2D eigenvalue weighted by Crippen LogP contribution is -2.56. The number of hydrogen-bond donors (Lipinski definition) is 1. The second-order valence-corrected chi connectivity index (χ2v) is 9.25. The standard InChI is InChI=1S/C26H26F6N4O2/c1-16(34-38-2)14-35-7-8-36(21(15-35)11-18-13-33-23-6-4-3-5-22(18)23)24(37)17-9-19(25(27,28)29)12-20(10-17)26(30,31)32/h3-6,9-10,12-13,21,33H,7-8,11,14-15H2,1-2H3/b34-16+. The van der Waals surface area contributed by atoms with Crippen LogP contribution in [0.3, 0.4) is 0 Å². The molecule has 1 aromatic heterocycles. The SMILES string of the molecule is CO/N=C(\C)CN1CCN(C(=O)c2cc(C(F)(F)F)cc(C(F)(F)F)c2)C(Cc2c[nH]c3ccccc23)C1. The molecule has 0 aliphatic carbocycles. The first kappa shape index (κ1) is 27.5. The number of nitrogens with one attached hydrogen (secondary N) is 1. The third-order valence-electron chi connectivity index (χ3n) is 6.49. The molecule has 2 heterocycles. The lowest BCUT2D eigenvalue weighted by atomic mass is 9.98. The number of H-pyrrole nitrogens is 1. The molecule has 0 radical (unpaired) electrons. The molecule has 2 aromatic carbocycles. The van der Waals surface area contributed by atoms with Crippen LogP contribution in [0.1, 0.15) is 34.0 Å². The topological polar surface area (TPSA) is 60.9 Å². The number of carbonyl (C=O) groups excluding carboxylic acids is 1. The van der Waals surface area contributed by atoms with Gasteiger partial charge >= 0.3 is 12.4 Å². The molecule has 1 saturated heterocycles. The van der Waals surface area contributed by atoms with E-state index in [-0.39, 0.29) is 12.6 Å². The van der Waals surface area contributed by atoms with Gasteiger partial charge in [0.05, 0.1) is 16.8 Å². The number of alkyl halides is 6. The van der Waals surface area contributed by atoms with Crippen LogP contribution in [0.5, 0.6) is 0 Å². The zero-order valence-corrected chi connectivity index (χ0v) is 20.7. The minimum Gasteiger partial charge on any atom is -0.399 e. The van der Waals surface area contributed by atoms with Crippen LogP contribution >= 0.6 is 0 Å². The maximum absolute atomic E-state index is 13.5. The number of rotatable bonds is 6. The van der Waals surface area contributed by atoms with Gasteiger partial charge in [0.2, 0.25) is 0 Å². The predicted octanol–water partition coefficient (Wildman–Crippen LogP) is 5.60. The summed E-state index contributed by atoms with van der Waals surface area (Å²) >= 11 is 0. The summed E-state index contributed by atoms with van der Waals surface area (Å²) in [5.41, 5.74) is -1.24. The van der Waals surface area contributed by atoms with E-state index in [0.717, 1.165) is 16.5 Å². The minimum atomic E-state index is -5.05. The fourth-order valence-corrected chi connectivity index (χ4v) is 4.81. The van der Waals surface area contributed by atoms with Gasteiger partial charge in [-0.1, -0.05) is 23.4 Å². The smallest absolute Gasteiger partial charge is 0.399 e. The molecular weight excluding hydrogens is 514 g/mol. The van der Waals surface area contributed by atoms with E-state index in [4.69, 9.17) is 4.84 Å². The Morgan fingerprint density at radius 2 is 1.71 bits per heavy atom. The molecule has 12 heteroatoms. The lowest BCUT2D eigenvalue weighted by Gasteiger charge is -2.41. The van der Waals surface area contributed by atoms with Crippen LogP contribution in [0.15, 0.2) is 53.8 Å². The molecule has 38 heavy (non-hydrogen) atoms. The highest BCUT2D eigenvalue weighted by molar-refractivity contribution is 5.95. The van der Waals surface area contributed by atoms with Crippen molar-refractivity contribution in [1.82, 2.24) is 14.8 Å². The van der Waals surface area contributed by atoms with Gasteiger partial charge in [-0.2, -0.15) is 26.3 Å². The van der Waals surface area contributed by atoms with Crippen molar-refractivity contribution in [3.8, 4) is 0 Å².